The minimum atomic E-state index is -1.15. The summed E-state index contributed by atoms with van der Waals surface area (Å²) in [5, 5.41) is 10.7. The van der Waals surface area contributed by atoms with Crippen LogP contribution in [0.1, 0.15) is 34.5 Å². The monoisotopic (exact) mass is 333 g/mol. The van der Waals surface area contributed by atoms with Gasteiger partial charge in [-0.25, -0.2) is 13.8 Å². The Bertz CT molecular complexity index is 763. The van der Waals surface area contributed by atoms with E-state index in [2.05, 4.69) is 4.98 Å². The molecule has 0 amide bonds. The Morgan fingerprint density at radius 2 is 1.92 bits per heavy atom. The van der Waals surface area contributed by atoms with Crippen molar-refractivity contribution in [2.45, 2.75) is 25.4 Å². The average Bonchev–Trinajstić information content (AvgIpc) is 2.56. The molecule has 3 rings (SSSR count). The molecule has 1 fully saturated rings. The molecule has 2 heterocycles. The van der Waals surface area contributed by atoms with Crippen molar-refractivity contribution in [2.24, 2.45) is 0 Å². The fourth-order valence-corrected chi connectivity index (χ4v) is 3.01. The molecule has 2 aromatic rings. The minimum absolute atomic E-state index is 0.00407. The van der Waals surface area contributed by atoms with Gasteiger partial charge in [0.2, 0.25) is 0 Å². The molecule has 0 saturated carbocycles. The highest BCUT2D eigenvalue weighted by molar-refractivity contribution is 5.75. The largest absolute Gasteiger partial charge is 0.385 e. The number of nitrogens with zero attached hydrogens (tertiary/aromatic N) is 1. The maximum Gasteiger partial charge on any atom is 0.168 e. The average molecular weight is 333 g/mol. The molecule has 0 radical (unpaired) electrons. The number of ether oxygens (including phenoxy) is 1. The smallest absolute Gasteiger partial charge is 0.168 e. The van der Waals surface area contributed by atoms with Crippen LogP contribution in [-0.2, 0) is 10.3 Å². The van der Waals surface area contributed by atoms with E-state index in [0.29, 0.717) is 43.5 Å². The summed E-state index contributed by atoms with van der Waals surface area (Å²) in [6, 6.07) is 5.17. The second kappa shape index (κ2) is 6.37. The van der Waals surface area contributed by atoms with E-state index in [4.69, 9.17) is 4.74 Å². The molecule has 1 saturated heterocycles. The number of aldehydes is 1. The fourth-order valence-electron chi connectivity index (χ4n) is 3.01. The summed E-state index contributed by atoms with van der Waals surface area (Å²) in [7, 11) is 0. The Labute approximate surface area is 138 Å². The molecule has 0 bridgehead atoms. The van der Waals surface area contributed by atoms with E-state index in [1.165, 1.54) is 12.1 Å². The van der Waals surface area contributed by atoms with Gasteiger partial charge in [-0.1, -0.05) is 6.07 Å². The molecule has 4 nitrogen and oxygen atoms in total. The van der Waals surface area contributed by atoms with Gasteiger partial charge in [-0.15, -0.1) is 0 Å². The Morgan fingerprint density at radius 1 is 1.21 bits per heavy atom. The number of benzene rings is 1. The van der Waals surface area contributed by atoms with Gasteiger partial charge in [0.1, 0.15) is 23.0 Å². The van der Waals surface area contributed by atoms with Gasteiger partial charge in [-0.05, 0) is 36.2 Å². The van der Waals surface area contributed by atoms with Gasteiger partial charge in [0.05, 0.1) is 5.60 Å². The number of hydrogen-bond acceptors (Lipinski definition) is 4. The molecule has 126 valence electrons. The lowest BCUT2D eigenvalue weighted by atomic mass is 9.84. The Balaban J connectivity index is 2.10. The van der Waals surface area contributed by atoms with Gasteiger partial charge in [-0.2, -0.15) is 0 Å². The van der Waals surface area contributed by atoms with Crippen LogP contribution >= 0.6 is 0 Å². The first kappa shape index (κ1) is 16.7. The van der Waals surface area contributed by atoms with E-state index >= 15 is 0 Å². The Hall–Kier alpha value is -2.18. The third kappa shape index (κ3) is 2.95. The number of aliphatic hydroxyl groups is 1. The molecular weight excluding hydrogens is 316 g/mol. The summed E-state index contributed by atoms with van der Waals surface area (Å²) in [5.74, 6) is -1.39. The minimum Gasteiger partial charge on any atom is -0.385 e. The number of aromatic nitrogens is 1. The van der Waals surface area contributed by atoms with Gasteiger partial charge in [0.25, 0.3) is 0 Å². The zero-order valence-electron chi connectivity index (χ0n) is 13.2. The number of aryl methyl sites for hydroxylation is 1. The lowest BCUT2D eigenvalue weighted by molar-refractivity contribution is -0.0680. The quantitative estimate of drug-likeness (QED) is 0.877. The predicted molar refractivity (Wildman–Crippen MR) is 83.7 cm³/mol. The molecule has 24 heavy (non-hydrogen) atoms. The first-order valence-electron chi connectivity index (χ1n) is 7.67. The van der Waals surface area contributed by atoms with Gasteiger partial charge in [-0.3, -0.25) is 4.79 Å². The number of pyridine rings is 1. The van der Waals surface area contributed by atoms with Crippen molar-refractivity contribution in [3.63, 3.8) is 0 Å². The maximum atomic E-state index is 14.7. The summed E-state index contributed by atoms with van der Waals surface area (Å²) in [4.78, 5) is 14.7. The molecule has 0 aliphatic carbocycles. The van der Waals surface area contributed by atoms with Crippen molar-refractivity contribution in [1.82, 2.24) is 4.98 Å². The van der Waals surface area contributed by atoms with Crippen LogP contribution in [0.5, 0.6) is 0 Å². The molecule has 1 aliphatic heterocycles. The van der Waals surface area contributed by atoms with Crippen LogP contribution in [0.25, 0.3) is 11.3 Å². The van der Waals surface area contributed by atoms with Crippen LogP contribution in [0.4, 0.5) is 8.78 Å². The molecule has 0 spiro atoms. The van der Waals surface area contributed by atoms with Crippen LogP contribution in [0.3, 0.4) is 0 Å². The highest BCUT2D eigenvalue weighted by Crippen LogP contribution is 2.36. The Kier molecular flexibility index (Phi) is 4.43. The third-order valence-corrected chi connectivity index (χ3v) is 4.37. The SMILES string of the molecule is Cc1cc(C2(O)CCOCC2)cc(F)c1-c1nc(C=O)ccc1F. The van der Waals surface area contributed by atoms with Gasteiger partial charge < -0.3 is 9.84 Å². The second-order valence-corrected chi connectivity index (χ2v) is 5.98. The first-order valence-corrected chi connectivity index (χ1v) is 7.67. The molecule has 6 heteroatoms. The maximum absolute atomic E-state index is 14.7. The lowest BCUT2D eigenvalue weighted by Crippen LogP contribution is -2.33. The van der Waals surface area contributed by atoms with Crippen molar-refractivity contribution >= 4 is 6.29 Å². The van der Waals surface area contributed by atoms with E-state index in [0.717, 1.165) is 6.07 Å². The van der Waals surface area contributed by atoms with E-state index in [1.807, 2.05) is 0 Å². The summed E-state index contributed by atoms with van der Waals surface area (Å²) in [6.45, 7) is 2.42. The van der Waals surface area contributed by atoms with Crippen LogP contribution < -0.4 is 0 Å². The van der Waals surface area contributed by atoms with E-state index in [9.17, 15) is 18.7 Å². The molecule has 0 atom stereocenters. The summed E-state index contributed by atoms with van der Waals surface area (Å²) in [5.41, 5.74) is -0.456. The van der Waals surface area contributed by atoms with E-state index in [-0.39, 0.29) is 17.0 Å². The number of carbonyl (C=O) groups is 1. The summed E-state index contributed by atoms with van der Waals surface area (Å²) >= 11 is 0. The van der Waals surface area contributed by atoms with E-state index in [1.54, 1.807) is 13.0 Å². The molecular formula is C18H17F2NO3. The highest BCUT2D eigenvalue weighted by atomic mass is 19.1. The van der Waals surface area contributed by atoms with Gasteiger partial charge in [0, 0.05) is 31.6 Å². The van der Waals surface area contributed by atoms with Crippen LogP contribution in [-0.4, -0.2) is 29.6 Å². The molecule has 1 aromatic heterocycles. The summed E-state index contributed by atoms with van der Waals surface area (Å²) in [6.07, 6.45) is 1.23. The highest BCUT2D eigenvalue weighted by Gasteiger charge is 2.33. The lowest BCUT2D eigenvalue weighted by Gasteiger charge is -2.33. The van der Waals surface area contributed by atoms with Crippen molar-refractivity contribution < 1.29 is 23.4 Å². The van der Waals surface area contributed by atoms with Crippen molar-refractivity contribution in [3.05, 3.63) is 52.7 Å². The zero-order chi connectivity index (χ0) is 17.3. The van der Waals surface area contributed by atoms with Crippen molar-refractivity contribution in [3.8, 4) is 11.3 Å². The van der Waals surface area contributed by atoms with Crippen LogP contribution in [0.2, 0.25) is 0 Å². The van der Waals surface area contributed by atoms with Crippen molar-refractivity contribution in [2.75, 3.05) is 13.2 Å². The molecule has 0 unspecified atom stereocenters. The normalized spacial score (nSPS) is 16.8. The number of carbonyl (C=O) groups excluding carboxylic acids is 1. The molecule has 1 aromatic carbocycles. The summed E-state index contributed by atoms with van der Waals surface area (Å²) < 4.78 is 34.0. The van der Waals surface area contributed by atoms with Crippen LogP contribution in [0, 0.1) is 18.6 Å². The van der Waals surface area contributed by atoms with Crippen LogP contribution in [0.15, 0.2) is 24.3 Å². The Morgan fingerprint density at radius 3 is 2.54 bits per heavy atom. The first-order chi connectivity index (χ1) is 11.4. The molecule has 1 N–H and O–H groups in total. The fraction of sp³-hybridized carbons (Fsp3) is 0.333. The van der Waals surface area contributed by atoms with Gasteiger partial charge in [0.15, 0.2) is 6.29 Å². The number of rotatable bonds is 3. The molecule has 1 aliphatic rings. The zero-order valence-corrected chi connectivity index (χ0v) is 13.2. The standard InChI is InChI=1S/C18H17F2NO3/c1-11-8-12(18(23)4-6-24-7-5-18)9-15(20)16(11)17-14(19)3-2-13(10-22)21-17/h2-3,8-10,23H,4-7H2,1H3. The third-order valence-electron chi connectivity index (χ3n) is 4.37. The number of hydrogen-bond donors (Lipinski definition) is 1. The van der Waals surface area contributed by atoms with E-state index < -0.39 is 17.2 Å². The topological polar surface area (TPSA) is 59.4 Å². The number of halogens is 2. The van der Waals surface area contributed by atoms with Crippen molar-refractivity contribution in [1.29, 1.82) is 0 Å². The van der Waals surface area contributed by atoms with Gasteiger partial charge >= 0.3 is 0 Å². The second-order valence-electron chi connectivity index (χ2n) is 5.98. The predicted octanol–water partition coefficient (Wildman–Crippen LogP) is 3.15.